The Hall–Kier alpha value is -1.95. The van der Waals surface area contributed by atoms with Crippen LogP contribution >= 0.6 is 11.8 Å². The first-order valence-corrected chi connectivity index (χ1v) is 7.99. The fourth-order valence-electron chi connectivity index (χ4n) is 2.28. The minimum Gasteiger partial charge on any atom is -0.336 e. The number of nitrogens with one attached hydrogen (secondary N) is 2. The number of rotatable bonds is 3. The number of urea groups is 1. The molecule has 5 nitrogen and oxygen atoms in total. The van der Waals surface area contributed by atoms with E-state index in [2.05, 4.69) is 26.4 Å². The molecule has 1 aromatic carbocycles. The number of imidazole rings is 1. The second kappa shape index (κ2) is 5.81. The molecule has 0 spiro atoms. The van der Waals surface area contributed by atoms with Gasteiger partial charge in [0.15, 0.2) is 5.16 Å². The Bertz CT molecular complexity index is 644. The molecule has 0 radical (unpaired) electrons. The maximum absolute atomic E-state index is 11.9. The second-order valence-electron chi connectivity index (χ2n) is 5.25. The highest BCUT2D eigenvalue weighted by atomic mass is 32.2. The van der Waals surface area contributed by atoms with Crippen molar-refractivity contribution in [3.8, 4) is 11.3 Å². The summed E-state index contributed by atoms with van der Waals surface area (Å²) in [5, 5.41) is 6.78. The van der Waals surface area contributed by atoms with Crippen LogP contribution in [0.2, 0.25) is 0 Å². The normalized spacial score (nSPS) is 13.3. The van der Waals surface area contributed by atoms with Crippen molar-refractivity contribution >= 4 is 23.5 Å². The minimum absolute atomic E-state index is 0.102. The molecule has 2 heterocycles. The molecular weight excluding hydrogens is 284 g/mol. The van der Waals surface area contributed by atoms with E-state index in [1.165, 1.54) is 0 Å². The van der Waals surface area contributed by atoms with Crippen molar-refractivity contribution in [1.82, 2.24) is 14.9 Å². The number of anilines is 1. The van der Waals surface area contributed by atoms with E-state index in [9.17, 15) is 4.79 Å². The van der Waals surface area contributed by atoms with Gasteiger partial charge in [-0.15, -0.1) is 0 Å². The van der Waals surface area contributed by atoms with Crippen LogP contribution in [0.4, 0.5) is 10.5 Å². The number of nitrogens with zero attached hydrogens (tertiary/aromatic N) is 2. The lowest BCUT2D eigenvalue weighted by atomic mass is 10.1. The molecule has 110 valence electrons. The Labute approximate surface area is 128 Å². The Morgan fingerprint density at radius 2 is 2.19 bits per heavy atom. The number of fused-ring (bicyclic) bond motifs is 1. The van der Waals surface area contributed by atoms with Gasteiger partial charge in [0.1, 0.15) is 0 Å². The molecule has 0 atom stereocenters. The number of thioether (sulfide) groups is 1. The largest absolute Gasteiger partial charge is 0.336 e. The second-order valence-corrected chi connectivity index (χ2v) is 6.31. The summed E-state index contributed by atoms with van der Waals surface area (Å²) >= 11 is 1.76. The molecule has 0 fully saturated rings. The zero-order chi connectivity index (χ0) is 14.8. The maximum Gasteiger partial charge on any atom is 0.319 e. The van der Waals surface area contributed by atoms with Crippen molar-refractivity contribution in [1.29, 1.82) is 0 Å². The van der Waals surface area contributed by atoms with Gasteiger partial charge in [-0.25, -0.2) is 9.78 Å². The highest BCUT2D eigenvalue weighted by Gasteiger charge is 2.17. The van der Waals surface area contributed by atoms with Crippen LogP contribution in [0, 0.1) is 0 Å². The average Bonchev–Trinajstić information content (AvgIpc) is 2.98. The first-order valence-electron chi connectivity index (χ1n) is 7.00. The van der Waals surface area contributed by atoms with E-state index in [0.717, 1.165) is 34.4 Å². The van der Waals surface area contributed by atoms with E-state index < -0.39 is 0 Å². The molecule has 3 rings (SSSR count). The van der Waals surface area contributed by atoms with Crippen molar-refractivity contribution in [2.75, 3.05) is 11.1 Å². The monoisotopic (exact) mass is 302 g/mol. The fraction of sp³-hybridized carbons (Fsp3) is 0.333. The van der Waals surface area contributed by atoms with Crippen LogP contribution in [0.1, 0.15) is 13.8 Å². The zero-order valence-corrected chi connectivity index (χ0v) is 12.9. The Balaban J connectivity index is 1.86. The summed E-state index contributed by atoms with van der Waals surface area (Å²) in [7, 11) is 0. The summed E-state index contributed by atoms with van der Waals surface area (Å²) in [5.74, 6) is 1.08. The van der Waals surface area contributed by atoms with Gasteiger partial charge in [-0.1, -0.05) is 30.0 Å². The van der Waals surface area contributed by atoms with Crippen LogP contribution in [-0.4, -0.2) is 27.4 Å². The summed E-state index contributed by atoms with van der Waals surface area (Å²) in [4.78, 5) is 16.5. The maximum atomic E-state index is 11.9. The number of carbonyl (C=O) groups excluding carboxylic acids is 1. The molecule has 1 aromatic heterocycles. The molecule has 6 heteroatoms. The van der Waals surface area contributed by atoms with Crippen LogP contribution in [0.5, 0.6) is 0 Å². The molecular formula is C15H18N4OS. The van der Waals surface area contributed by atoms with Gasteiger partial charge in [-0.05, 0) is 19.9 Å². The third kappa shape index (κ3) is 3.05. The smallest absolute Gasteiger partial charge is 0.319 e. The van der Waals surface area contributed by atoms with Crippen LogP contribution in [0.15, 0.2) is 35.6 Å². The molecule has 0 aliphatic carbocycles. The number of benzene rings is 1. The van der Waals surface area contributed by atoms with Crippen molar-refractivity contribution in [3.05, 3.63) is 30.5 Å². The average molecular weight is 302 g/mol. The first kappa shape index (κ1) is 14.0. The van der Waals surface area contributed by atoms with Crippen LogP contribution < -0.4 is 10.6 Å². The topological polar surface area (TPSA) is 59.0 Å². The first-order chi connectivity index (χ1) is 10.1. The van der Waals surface area contributed by atoms with Gasteiger partial charge in [-0.3, -0.25) is 0 Å². The Morgan fingerprint density at radius 1 is 1.38 bits per heavy atom. The van der Waals surface area contributed by atoms with Gasteiger partial charge in [-0.2, -0.15) is 0 Å². The number of aryl methyl sites for hydroxylation is 1. The molecule has 1 aliphatic heterocycles. The van der Waals surface area contributed by atoms with Crippen molar-refractivity contribution in [2.45, 2.75) is 31.6 Å². The lowest BCUT2D eigenvalue weighted by Crippen LogP contribution is -2.34. The molecule has 0 unspecified atom stereocenters. The summed E-state index contributed by atoms with van der Waals surface area (Å²) in [5.41, 5.74) is 2.62. The van der Waals surface area contributed by atoms with Crippen LogP contribution in [0.3, 0.4) is 0 Å². The van der Waals surface area contributed by atoms with Gasteiger partial charge in [0.25, 0.3) is 0 Å². The molecule has 0 bridgehead atoms. The van der Waals surface area contributed by atoms with E-state index in [1.54, 1.807) is 11.8 Å². The summed E-state index contributed by atoms with van der Waals surface area (Å²) < 4.78 is 2.16. The van der Waals surface area contributed by atoms with Crippen molar-refractivity contribution in [2.24, 2.45) is 0 Å². The fourth-order valence-corrected chi connectivity index (χ4v) is 3.22. The predicted octanol–water partition coefficient (Wildman–Crippen LogP) is 3.19. The third-order valence-electron chi connectivity index (χ3n) is 3.17. The summed E-state index contributed by atoms with van der Waals surface area (Å²) in [6.07, 6.45) is 2.05. The highest BCUT2D eigenvalue weighted by molar-refractivity contribution is 7.99. The minimum atomic E-state index is -0.196. The van der Waals surface area contributed by atoms with E-state index >= 15 is 0 Å². The molecule has 2 N–H and O–H groups in total. The number of hydrogen-bond donors (Lipinski definition) is 2. The van der Waals surface area contributed by atoms with Crippen LogP contribution in [-0.2, 0) is 6.54 Å². The summed E-state index contributed by atoms with van der Waals surface area (Å²) in [6.45, 7) is 4.86. The van der Waals surface area contributed by atoms with Gasteiger partial charge in [0, 0.05) is 30.1 Å². The number of amides is 2. The van der Waals surface area contributed by atoms with E-state index in [1.807, 2.05) is 38.1 Å². The van der Waals surface area contributed by atoms with Gasteiger partial charge in [0.05, 0.1) is 11.4 Å². The van der Waals surface area contributed by atoms with Gasteiger partial charge in [0.2, 0.25) is 0 Å². The van der Waals surface area contributed by atoms with E-state index in [0.29, 0.717) is 0 Å². The number of hydrogen-bond acceptors (Lipinski definition) is 3. The molecule has 21 heavy (non-hydrogen) atoms. The third-order valence-corrected chi connectivity index (χ3v) is 4.14. The standard InChI is InChI=1S/C15H18N4OS/c1-10(2)16-14(20)17-12-6-4-3-5-11(12)13-9-19-7-8-21-15(19)18-13/h3-6,9-10H,7-8H2,1-2H3,(H2,16,17,20). The van der Waals surface area contributed by atoms with E-state index in [-0.39, 0.29) is 12.1 Å². The van der Waals surface area contributed by atoms with Gasteiger partial charge < -0.3 is 15.2 Å². The number of aromatic nitrogens is 2. The molecule has 1 aliphatic rings. The lowest BCUT2D eigenvalue weighted by Gasteiger charge is -2.12. The Morgan fingerprint density at radius 3 is 2.95 bits per heavy atom. The molecule has 2 aromatic rings. The van der Waals surface area contributed by atoms with E-state index in [4.69, 9.17) is 0 Å². The predicted molar refractivity (Wildman–Crippen MR) is 85.7 cm³/mol. The highest BCUT2D eigenvalue weighted by Crippen LogP contribution is 2.32. The van der Waals surface area contributed by atoms with Crippen LogP contribution in [0.25, 0.3) is 11.3 Å². The molecule has 0 saturated carbocycles. The SMILES string of the molecule is CC(C)NC(=O)Nc1ccccc1-c1cn2c(n1)SCC2. The molecule has 2 amide bonds. The van der Waals surface area contributed by atoms with Crippen molar-refractivity contribution in [3.63, 3.8) is 0 Å². The Kier molecular flexibility index (Phi) is 3.88. The number of para-hydroxylation sites is 1. The van der Waals surface area contributed by atoms with Gasteiger partial charge >= 0.3 is 6.03 Å². The zero-order valence-electron chi connectivity index (χ0n) is 12.1. The quantitative estimate of drug-likeness (QED) is 0.915. The summed E-state index contributed by atoms with van der Waals surface area (Å²) in [6, 6.07) is 7.65. The lowest BCUT2D eigenvalue weighted by molar-refractivity contribution is 0.250. The van der Waals surface area contributed by atoms with Crippen molar-refractivity contribution < 1.29 is 4.79 Å². The molecule has 0 saturated heterocycles. The number of carbonyl (C=O) groups is 1.